The molecule has 1 N–H and O–H groups in total. The summed E-state index contributed by atoms with van der Waals surface area (Å²) in [5, 5.41) is 10.0. The Morgan fingerprint density at radius 3 is 2.64 bits per heavy atom. The van der Waals surface area contributed by atoms with Crippen LogP contribution in [-0.2, 0) is 6.54 Å². The highest BCUT2D eigenvalue weighted by atomic mass is 35.5. The van der Waals surface area contributed by atoms with Crippen LogP contribution in [0.15, 0.2) is 18.2 Å². The zero-order valence-electron chi connectivity index (χ0n) is 15.0. The molecular formula is C19H29ClFN3O. The second-order valence-corrected chi connectivity index (χ2v) is 7.82. The zero-order valence-corrected chi connectivity index (χ0v) is 15.8. The van der Waals surface area contributed by atoms with Crippen molar-refractivity contribution in [2.24, 2.45) is 0 Å². The first kappa shape index (κ1) is 19.1. The molecule has 0 amide bonds. The van der Waals surface area contributed by atoms with E-state index < -0.39 is 0 Å². The van der Waals surface area contributed by atoms with Gasteiger partial charge < -0.3 is 10.0 Å². The Kier molecular flexibility index (Phi) is 6.69. The number of piperazine rings is 1. The zero-order chi connectivity index (χ0) is 17.8. The van der Waals surface area contributed by atoms with E-state index in [-0.39, 0.29) is 12.4 Å². The van der Waals surface area contributed by atoms with Crippen molar-refractivity contribution in [1.29, 1.82) is 0 Å². The third-order valence-electron chi connectivity index (χ3n) is 5.64. The Morgan fingerprint density at radius 2 is 1.96 bits per heavy atom. The van der Waals surface area contributed by atoms with Crippen molar-refractivity contribution in [2.75, 3.05) is 46.4 Å². The number of aliphatic hydroxyl groups excluding tert-OH is 1. The van der Waals surface area contributed by atoms with Crippen LogP contribution in [0.1, 0.15) is 24.8 Å². The van der Waals surface area contributed by atoms with Crippen molar-refractivity contribution in [3.8, 4) is 0 Å². The molecule has 0 aromatic heterocycles. The highest BCUT2D eigenvalue weighted by molar-refractivity contribution is 6.31. The van der Waals surface area contributed by atoms with Gasteiger partial charge in [0.25, 0.3) is 0 Å². The van der Waals surface area contributed by atoms with Gasteiger partial charge in [-0.3, -0.25) is 9.80 Å². The van der Waals surface area contributed by atoms with E-state index >= 15 is 0 Å². The van der Waals surface area contributed by atoms with Crippen LogP contribution in [-0.4, -0.2) is 78.3 Å². The fourth-order valence-corrected chi connectivity index (χ4v) is 4.41. The molecule has 0 bridgehead atoms. The Labute approximate surface area is 155 Å². The van der Waals surface area contributed by atoms with Crippen LogP contribution >= 0.6 is 11.6 Å². The lowest BCUT2D eigenvalue weighted by atomic mass is 9.98. The molecule has 6 heteroatoms. The number of aliphatic hydroxyl groups is 1. The topological polar surface area (TPSA) is 30.0 Å². The lowest BCUT2D eigenvalue weighted by Gasteiger charge is -2.47. The molecule has 140 valence electrons. The maximum atomic E-state index is 13.2. The molecule has 25 heavy (non-hydrogen) atoms. The third kappa shape index (κ3) is 4.92. The minimum absolute atomic E-state index is 0.221. The lowest BCUT2D eigenvalue weighted by Crippen LogP contribution is -2.58. The van der Waals surface area contributed by atoms with Gasteiger partial charge in [0, 0.05) is 49.9 Å². The molecule has 1 atom stereocenters. The number of halogens is 2. The summed E-state index contributed by atoms with van der Waals surface area (Å²) in [7, 11) is 2.19. The molecule has 1 aromatic carbocycles. The quantitative estimate of drug-likeness (QED) is 0.863. The Morgan fingerprint density at radius 1 is 1.20 bits per heavy atom. The lowest BCUT2D eigenvalue weighted by molar-refractivity contribution is 0.00600. The molecule has 0 radical (unpaired) electrons. The van der Waals surface area contributed by atoms with Gasteiger partial charge in [0.1, 0.15) is 5.82 Å². The van der Waals surface area contributed by atoms with Crippen molar-refractivity contribution < 1.29 is 9.50 Å². The molecule has 2 aliphatic rings. The first-order valence-corrected chi connectivity index (χ1v) is 9.66. The molecule has 2 aliphatic heterocycles. The van der Waals surface area contributed by atoms with E-state index in [1.165, 1.54) is 25.0 Å². The summed E-state index contributed by atoms with van der Waals surface area (Å²) in [6.07, 6.45) is 3.23. The van der Waals surface area contributed by atoms with Gasteiger partial charge in [-0.1, -0.05) is 17.7 Å². The van der Waals surface area contributed by atoms with Crippen molar-refractivity contribution in [2.45, 2.75) is 37.9 Å². The minimum atomic E-state index is -0.293. The van der Waals surface area contributed by atoms with E-state index in [2.05, 4.69) is 21.7 Å². The predicted molar refractivity (Wildman–Crippen MR) is 99.4 cm³/mol. The number of nitrogens with zero attached hydrogens (tertiary/aromatic N) is 3. The number of hydrogen-bond acceptors (Lipinski definition) is 4. The van der Waals surface area contributed by atoms with Gasteiger partial charge in [0.2, 0.25) is 0 Å². The molecule has 3 rings (SSSR count). The monoisotopic (exact) mass is 369 g/mol. The molecule has 0 aliphatic carbocycles. The van der Waals surface area contributed by atoms with E-state index in [1.54, 1.807) is 6.07 Å². The van der Waals surface area contributed by atoms with Gasteiger partial charge in [-0.05, 0) is 57.1 Å². The average molecular weight is 370 g/mol. The van der Waals surface area contributed by atoms with Gasteiger partial charge in [0.05, 0.1) is 0 Å². The van der Waals surface area contributed by atoms with Gasteiger partial charge in [0.15, 0.2) is 0 Å². The van der Waals surface area contributed by atoms with E-state index in [0.29, 0.717) is 17.1 Å². The molecule has 4 nitrogen and oxygen atoms in total. The summed E-state index contributed by atoms with van der Waals surface area (Å²) in [6, 6.07) is 5.65. The van der Waals surface area contributed by atoms with Crippen LogP contribution in [0.2, 0.25) is 5.02 Å². The van der Waals surface area contributed by atoms with Crippen LogP contribution in [0.4, 0.5) is 4.39 Å². The SMILES string of the molecule is CN1CCC(N2CCN(Cc3ccc(F)cc3Cl)CC2CCO)CC1. The van der Waals surface area contributed by atoms with E-state index in [1.807, 2.05) is 0 Å². The van der Waals surface area contributed by atoms with Crippen molar-refractivity contribution in [3.05, 3.63) is 34.6 Å². The van der Waals surface area contributed by atoms with Crippen LogP contribution in [0.25, 0.3) is 0 Å². The van der Waals surface area contributed by atoms with Crippen LogP contribution in [0, 0.1) is 5.82 Å². The minimum Gasteiger partial charge on any atom is -0.396 e. The number of rotatable bonds is 5. The number of piperidine rings is 1. The Hall–Kier alpha value is -0.720. The van der Waals surface area contributed by atoms with Crippen molar-refractivity contribution in [3.63, 3.8) is 0 Å². The van der Waals surface area contributed by atoms with Crippen LogP contribution < -0.4 is 0 Å². The van der Waals surface area contributed by atoms with Crippen molar-refractivity contribution in [1.82, 2.24) is 14.7 Å². The maximum absolute atomic E-state index is 13.2. The fourth-order valence-electron chi connectivity index (χ4n) is 4.18. The summed E-state index contributed by atoms with van der Waals surface area (Å²) >= 11 is 6.19. The maximum Gasteiger partial charge on any atom is 0.124 e. The van der Waals surface area contributed by atoms with Gasteiger partial charge >= 0.3 is 0 Å². The molecule has 2 saturated heterocycles. The average Bonchev–Trinajstić information content (AvgIpc) is 2.59. The summed E-state index contributed by atoms with van der Waals surface area (Å²) in [6.45, 7) is 6.21. The highest BCUT2D eigenvalue weighted by Crippen LogP contribution is 2.25. The van der Waals surface area contributed by atoms with E-state index in [0.717, 1.165) is 51.3 Å². The third-order valence-corrected chi connectivity index (χ3v) is 5.99. The molecular weight excluding hydrogens is 341 g/mol. The molecule has 0 saturated carbocycles. The molecule has 0 spiro atoms. The smallest absolute Gasteiger partial charge is 0.124 e. The molecule has 1 aromatic rings. The largest absolute Gasteiger partial charge is 0.396 e. The standard InChI is InChI=1S/C19H29ClFN3O/c1-22-7-4-17(5-8-22)24-10-9-23(14-18(24)6-11-25)13-15-2-3-16(21)12-19(15)20/h2-3,12,17-18,25H,4-11,13-14H2,1H3. The van der Waals surface area contributed by atoms with E-state index in [4.69, 9.17) is 11.6 Å². The normalized spacial score (nSPS) is 24.7. The van der Waals surface area contributed by atoms with Crippen LogP contribution in [0.3, 0.4) is 0 Å². The summed E-state index contributed by atoms with van der Waals surface area (Å²) in [4.78, 5) is 7.39. The number of benzene rings is 1. The van der Waals surface area contributed by atoms with Crippen LogP contribution in [0.5, 0.6) is 0 Å². The second kappa shape index (κ2) is 8.78. The second-order valence-electron chi connectivity index (χ2n) is 7.41. The fraction of sp³-hybridized carbons (Fsp3) is 0.684. The van der Waals surface area contributed by atoms with Gasteiger partial charge in [-0.25, -0.2) is 4.39 Å². The van der Waals surface area contributed by atoms with Gasteiger partial charge in [-0.15, -0.1) is 0 Å². The molecule has 2 heterocycles. The Balaban J connectivity index is 1.62. The highest BCUT2D eigenvalue weighted by Gasteiger charge is 2.33. The number of likely N-dealkylation sites (tertiary alicyclic amines) is 1. The predicted octanol–water partition coefficient (Wildman–Crippen LogP) is 2.44. The summed E-state index contributed by atoms with van der Waals surface area (Å²) in [5.74, 6) is -0.293. The Bertz CT molecular complexity index is 566. The summed E-state index contributed by atoms with van der Waals surface area (Å²) in [5.41, 5.74) is 0.971. The van der Waals surface area contributed by atoms with E-state index in [9.17, 15) is 9.50 Å². The first-order valence-electron chi connectivity index (χ1n) is 9.28. The molecule has 1 unspecified atom stereocenters. The van der Waals surface area contributed by atoms with Crippen molar-refractivity contribution >= 4 is 11.6 Å². The molecule has 2 fully saturated rings. The first-order chi connectivity index (χ1) is 12.1. The summed E-state index contributed by atoms with van der Waals surface area (Å²) < 4.78 is 13.2. The number of hydrogen-bond donors (Lipinski definition) is 1. The van der Waals surface area contributed by atoms with Gasteiger partial charge in [-0.2, -0.15) is 0 Å².